The van der Waals surface area contributed by atoms with Gasteiger partial charge in [-0.15, -0.1) is 0 Å². The van der Waals surface area contributed by atoms with Crippen molar-refractivity contribution < 1.29 is 42.2 Å². The first-order valence-corrected chi connectivity index (χ1v) is 7.98. The molecule has 0 aromatic heterocycles. The number of benzene rings is 1. The Bertz CT molecular complexity index is 610. The van der Waals surface area contributed by atoms with Gasteiger partial charge in [-0.2, -0.15) is 11.7 Å². The fourth-order valence-corrected chi connectivity index (χ4v) is 2.85. The molecule has 0 spiro atoms. The SMILES string of the molecule is [CH2-]CC/C=C\C[C@H]1C(=O)N(C)C[C@@H]1COc1cccc(C#N)c1.[Y]. The predicted molar refractivity (Wildman–Crippen MR) is 89.6 cm³/mol. The van der Waals surface area contributed by atoms with Gasteiger partial charge in [0.15, 0.2) is 0 Å². The summed E-state index contributed by atoms with van der Waals surface area (Å²) in [6.07, 6.45) is 6.73. The molecule has 24 heavy (non-hydrogen) atoms. The third-order valence-corrected chi connectivity index (χ3v) is 4.13. The first-order valence-electron chi connectivity index (χ1n) is 7.98. The Morgan fingerprint density at radius 1 is 1.46 bits per heavy atom. The number of nitrogens with zero attached hydrogens (tertiary/aromatic N) is 2. The van der Waals surface area contributed by atoms with Gasteiger partial charge in [0.25, 0.3) is 0 Å². The number of nitriles is 1. The van der Waals surface area contributed by atoms with E-state index in [0.717, 1.165) is 19.3 Å². The van der Waals surface area contributed by atoms with Crippen LogP contribution in [0.2, 0.25) is 0 Å². The van der Waals surface area contributed by atoms with Crippen LogP contribution in [0.1, 0.15) is 24.8 Å². The Labute approximate surface area is 169 Å². The first-order chi connectivity index (χ1) is 11.2. The van der Waals surface area contributed by atoms with E-state index in [1.54, 1.807) is 23.1 Å². The van der Waals surface area contributed by atoms with Gasteiger partial charge in [0.1, 0.15) is 5.75 Å². The zero-order valence-corrected chi connectivity index (χ0v) is 17.0. The van der Waals surface area contributed by atoms with Crippen molar-refractivity contribution in [1.82, 2.24) is 4.90 Å². The van der Waals surface area contributed by atoms with E-state index in [-0.39, 0.29) is 50.5 Å². The molecular formula is C19H23N2O2Y-. The number of allylic oxidation sites excluding steroid dienone is 2. The van der Waals surface area contributed by atoms with Crippen LogP contribution in [-0.4, -0.2) is 31.0 Å². The van der Waals surface area contributed by atoms with Crippen molar-refractivity contribution in [2.45, 2.75) is 19.3 Å². The molecule has 2 rings (SSSR count). The van der Waals surface area contributed by atoms with Gasteiger partial charge in [0.05, 0.1) is 18.2 Å². The van der Waals surface area contributed by atoms with Gasteiger partial charge in [0, 0.05) is 58.1 Å². The number of amides is 1. The maximum atomic E-state index is 12.3. The van der Waals surface area contributed by atoms with Gasteiger partial charge in [-0.05, 0) is 24.6 Å². The van der Waals surface area contributed by atoms with E-state index in [1.807, 2.05) is 13.1 Å². The fraction of sp³-hybridized carbons (Fsp3) is 0.421. The van der Waals surface area contributed by atoms with Crippen LogP contribution in [-0.2, 0) is 37.5 Å². The molecule has 1 aromatic rings. The van der Waals surface area contributed by atoms with Crippen LogP contribution in [0, 0.1) is 30.1 Å². The Balaban J connectivity index is 0.00000288. The summed E-state index contributed by atoms with van der Waals surface area (Å²) in [5.74, 6) is 1.00. The van der Waals surface area contributed by atoms with Gasteiger partial charge in [-0.25, -0.2) is 0 Å². The molecule has 0 aliphatic carbocycles. The predicted octanol–water partition coefficient (Wildman–Crippen LogP) is 3.20. The second kappa shape index (κ2) is 10.6. The quantitative estimate of drug-likeness (QED) is 0.522. The molecule has 5 heteroatoms. The van der Waals surface area contributed by atoms with E-state index >= 15 is 0 Å². The summed E-state index contributed by atoms with van der Waals surface area (Å²) >= 11 is 0. The van der Waals surface area contributed by atoms with Crippen LogP contribution in [0.3, 0.4) is 0 Å². The van der Waals surface area contributed by atoms with Crippen molar-refractivity contribution in [3.05, 3.63) is 48.9 Å². The van der Waals surface area contributed by atoms with Gasteiger partial charge < -0.3 is 16.6 Å². The minimum Gasteiger partial charge on any atom is -0.493 e. The molecule has 125 valence electrons. The van der Waals surface area contributed by atoms with E-state index < -0.39 is 0 Å². The van der Waals surface area contributed by atoms with Crippen molar-refractivity contribution in [3.8, 4) is 11.8 Å². The van der Waals surface area contributed by atoms with Gasteiger partial charge in [-0.3, -0.25) is 4.79 Å². The fourth-order valence-electron chi connectivity index (χ4n) is 2.85. The number of ether oxygens (including phenoxy) is 1. The average molecular weight is 400 g/mol. The van der Waals surface area contributed by atoms with E-state index in [4.69, 9.17) is 10.00 Å². The minimum absolute atomic E-state index is 0. The summed E-state index contributed by atoms with van der Waals surface area (Å²) in [6.45, 7) is 5.00. The largest absolute Gasteiger partial charge is 0.493 e. The summed E-state index contributed by atoms with van der Waals surface area (Å²) in [4.78, 5) is 14.0. The van der Waals surface area contributed by atoms with Crippen LogP contribution in [0.25, 0.3) is 0 Å². The molecule has 4 nitrogen and oxygen atoms in total. The number of unbranched alkanes of at least 4 members (excludes halogenated alkanes) is 1. The second-order valence-corrected chi connectivity index (χ2v) is 5.89. The zero-order chi connectivity index (χ0) is 16.7. The summed E-state index contributed by atoms with van der Waals surface area (Å²) < 4.78 is 5.82. The van der Waals surface area contributed by atoms with Crippen LogP contribution in [0.15, 0.2) is 36.4 Å². The first kappa shape index (κ1) is 20.9. The number of hydrogen-bond donors (Lipinski definition) is 0. The second-order valence-electron chi connectivity index (χ2n) is 5.89. The molecule has 1 saturated heterocycles. The number of rotatable bonds is 7. The maximum absolute atomic E-state index is 12.3. The summed E-state index contributed by atoms with van der Waals surface area (Å²) in [7, 11) is 1.84. The van der Waals surface area contributed by atoms with Crippen LogP contribution in [0.4, 0.5) is 0 Å². The number of carbonyl (C=O) groups excluding carboxylic acids is 1. The van der Waals surface area contributed by atoms with E-state index in [9.17, 15) is 4.79 Å². The topological polar surface area (TPSA) is 53.3 Å². The standard InChI is InChI=1S/C19H23N2O2.Y/c1-3-4-5-6-10-18-16(13-21(2)19(18)22)14-23-17-9-7-8-15(11-17)12-20;/h5-9,11,16,18H,1,3-4,10,13-14H2,2H3;/q-1;/b6-5-;/t16-,18-;/m1./s1. The van der Waals surface area contributed by atoms with Crippen molar-refractivity contribution in [2.24, 2.45) is 11.8 Å². The van der Waals surface area contributed by atoms with Crippen molar-refractivity contribution in [1.29, 1.82) is 5.26 Å². The normalized spacial score (nSPS) is 20.0. The van der Waals surface area contributed by atoms with Crippen molar-refractivity contribution in [2.75, 3.05) is 20.2 Å². The molecule has 1 aliphatic heterocycles. The molecule has 1 radical (unpaired) electrons. The molecule has 0 N–H and O–H groups in total. The minimum atomic E-state index is -0.0276. The molecule has 1 heterocycles. The Morgan fingerprint density at radius 3 is 2.96 bits per heavy atom. The smallest absolute Gasteiger partial charge is 0.226 e. The molecule has 1 aromatic carbocycles. The van der Waals surface area contributed by atoms with E-state index in [0.29, 0.717) is 24.5 Å². The number of hydrogen-bond acceptors (Lipinski definition) is 3. The van der Waals surface area contributed by atoms with Crippen molar-refractivity contribution in [3.63, 3.8) is 0 Å². The Hall–Kier alpha value is -1.18. The third kappa shape index (κ3) is 5.72. The Morgan fingerprint density at radius 2 is 2.25 bits per heavy atom. The van der Waals surface area contributed by atoms with Gasteiger partial charge in [0.2, 0.25) is 5.91 Å². The van der Waals surface area contributed by atoms with Crippen LogP contribution in [0.5, 0.6) is 5.75 Å². The average Bonchev–Trinajstić information content (AvgIpc) is 2.84. The summed E-state index contributed by atoms with van der Waals surface area (Å²) in [6, 6.07) is 9.22. The van der Waals surface area contributed by atoms with Crippen molar-refractivity contribution >= 4 is 5.91 Å². The van der Waals surface area contributed by atoms with Crippen LogP contribution < -0.4 is 4.74 Å². The summed E-state index contributed by atoms with van der Waals surface area (Å²) in [5.41, 5.74) is 0.578. The number of likely N-dealkylation sites (tertiary alicyclic amines) is 1. The third-order valence-electron chi connectivity index (χ3n) is 4.13. The van der Waals surface area contributed by atoms with Gasteiger partial charge in [-0.1, -0.05) is 24.6 Å². The van der Waals surface area contributed by atoms with E-state index in [2.05, 4.69) is 25.1 Å². The van der Waals surface area contributed by atoms with Crippen LogP contribution >= 0.6 is 0 Å². The van der Waals surface area contributed by atoms with Gasteiger partial charge >= 0.3 is 0 Å². The molecule has 0 unspecified atom stereocenters. The Kier molecular flexibility index (Phi) is 9.25. The number of carbonyl (C=O) groups is 1. The zero-order valence-electron chi connectivity index (χ0n) is 14.1. The monoisotopic (exact) mass is 400 g/mol. The molecule has 0 bridgehead atoms. The molecule has 1 amide bonds. The van der Waals surface area contributed by atoms with E-state index in [1.165, 1.54) is 0 Å². The maximum Gasteiger partial charge on any atom is 0.226 e. The summed E-state index contributed by atoms with van der Waals surface area (Å²) in [5, 5.41) is 8.93. The molecule has 1 fully saturated rings. The molecule has 0 saturated carbocycles. The molecular weight excluding hydrogens is 377 g/mol. The molecule has 2 atom stereocenters. The molecule has 1 aliphatic rings.